The summed E-state index contributed by atoms with van der Waals surface area (Å²) in [5.41, 5.74) is 8.86. The van der Waals surface area contributed by atoms with Gasteiger partial charge < -0.3 is 20.5 Å². The van der Waals surface area contributed by atoms with Crippen molar-refractivity contribution >= 4 is 39.6 Å². The topological polar surface area (TPSA) is 106 Å². The summed E-state index contributed by atoms with van der Waals surface area (Å²) in [4.78, 5) is 8.32. The van der Waals surface area contributed by atoms with E-state index >= 15 is 0 Å². The number of nitrogens with one attached hydrogen (secondary N) is 1. The molecule has 0 amide bonds. The molecule has 7 nitrogen and oxygen atoms in total. The van der Waals surface area contributed by atoms with Crippen molar-refractivity contribution in [3.8, 4) is 23.3 Å². The smallest absolute Gasteiger partial charge is 0.146 e. The van der Waals surface area contributed by atoms with E-state index in [2.05, 4.69) is 21.4 Å². The fourth-order valence-electron chi connectivity index (χ4n) is 3.11. The van der Waals surface area contributed by atoms with Gasteiger partial charge in [-0.15, -0.1) is 0 Å². The molecule has 0 atom stereocenters. The Morgan fingerprint density at radius 2 is 1.90 bits per heavy atom. The van der Waals surface area contributed by atoms with Gasteiger partial charge in [0.15, 0.2) is 0 Å². The Morgan fingerprint density at radius 1 is 1.13 bits per heavy atom. The van der Waals surface area contributed by atoms with E-state index in [9.17, 15) is 5.26 Å². The first-order valence-electron chi connectivity index (χ1n) is 9.49. The average molecular weight is 432 g/mol. The summed E-state index contributed by atoms with van der Waals surface area (Å²) in [6.07, 6.45) is 4.76. The van der Waals surface area contributed by atoms with Gasteiger partial charge in [-0.1, -0.05) is 11.6 Å². The summed E-state index contributed by atoms with van der Waals surface area (Å²) in [5.74, 6) is 1.69. The van der Waals surface area contributed by atoms with Crippen LogP contribution in [0.15, 0.2) is 61.1 Å². The number of fused-ring (bicyclic) bond motifs is 1. The summed E-state index contributed by atoms with van der Waals surface area (Å²) in [7, 11) is 0. The molecule has 3 N–H and O–H groups in total. The third-order valence-corrected chi connectivity index (χ3v) is 4.83. The Labute approximate surface area is 184 Å². The zero-order valence-corrected chi connectivity index (χ0v) is 17.3. The molecule has 31 heavy (non-hydrogen) atoms. The van der Waals surface area contributed by atoms with Gasteiger partial charge in [-0.25, -0.2) is 0 Å². The maximum absolute atomic E-state index is 9.59. The van der Waals surface area contributed by atoms with E-state index in [-0.39, 0.29) is 0 Å². The summed E-state index contributed by atoms with van der Waals surface area (Å²) < 4.78 is 11.3. The predicted molar refractivity (Wildman–Crippen MR) is 121 cm³/mol. The van der Waals surface area contributed by atoms with Crippen LogP contribution in [0.5, 0.6) is 17.2 Å². The highest BCUT2D eigenvalue weighted by Crippen LogP contribution is 2.37. The molecule has 0 aliphatic rings. The zero-order valence-electron chi connectivity index (χ0n) is 16.6. The number of nitrogens with two attached hydrogens (primary N) is 1. The fraction of sp³-hybridized carbons (Fsp3) is 0.0870. The maximum Gasteiger partial charge on any atom is 0.146 e. The number of hydrogen-bond acceptors (Lipinski definition) is 7. The van der Waals surface area contributed by atoms with Crippen molar-refractivity contribution in [3.63, 3.8) is 0 Å². The quantitative estimate of drug-likeness (QED) is 0.378. The van der Waals surface area contributed by atoms with Crippen molar-refractivity contribution in [2.24, 2.45) is 0 Å². The Morgan fingerprint density at radius 3 is 2.61 bits per heavy atom. The Bertz CT molecular complexity index is 1290. The van der Waals surface area contributed by atoms with Gasteiger partial charge in [0, 0.05) is 29.7 Å². The Kier molecular flexibility index (Phi) is 5.74. The number of anilines is 3. The van der Waals surface area contributed by atoms with Crippen molar-refractivity contribution in [2.75, 3.05) is 17.7 Å². The maximum atomic E-state index is 9.59. The third kappa shape index (κ3) is 4.15. The zero-order chi connectivity index (χ0) is 21.8. The van der Waals surface area contributed by atoms with E-state index in [0.717, 1.165) is 0 Å². The van der Waals surface area contributed by atoms with Crippen molar-refractivity contribution in [2.45, 2.75) is 6.92 Å². The van der Waals surface area contributed by atoms with Crippen LogP contribution < -0.4 is 20.5 Å². The third-order valence-electron chi connectivity index (χ3n) is 4.54. The van der Waals surface area contributed by atoms with Crippen LogP contribution >= 0.6 is 11.6 Å². The van der Waals surface area contributed by atoms with Gasteiger partial charge in [0.2, 0.25) is 0 Å². The highest BCUT2D eigenvalue weighted by atomic mass is 35.5. The fourth-order valence-corrected chi connectivity index (χ4v) is 3.33. The minimum absolute atomic E-state index is 0.379. The summed E-state index contributed by atoms with van der Waals surface area (Å²) >= 11 is 6.42. The number of nitrogens with zero attached hydrogens (tertiary/aromatic N) is 3. The van der Waals surface area contributed by atoms with Crippen molar-refractivity contribution in [1.82, 2.24) is 9.97 Å². The van der Waals surface area contributed by atoms with E-state index in [4.69, 9.17) is 26.8 Å². The van der Waals surface area contributed by atoms with Crippen LogP contribution in [0.1, 0.15) is 12.5 Å². The van der Waals surface area contributed by atoms with Gasteiger partial charge in [-0.2, -0.15) is 5.26 Å². The van der Waals surface area contributed by atoms with Crippen LogP contribution in [-0.4, -0.2) is 16.6 Å². The van der Waals surface area contributed by atoms with Gasteiger partial charge in [0.05, 0.1) is 28.4 Å². The van der Waals surface area contributed by atoms with Gasteiger partial charge >= 0.3 is 0 Å². The first-order valence-corrected chi connectivity index (χ1v) is 9.87. The number of nitriles is 1. The molecule has 0 unspecified atom stereocenters. The molecule has 8 heteroatoms. The molecule has 154 valence electrons. The molecule has 0 saturated heterocycles. The van der Waals surface area contributed by atoms with Crippen LogP contribution in [0, 0.1) is 11.3 Å². The minimum Gasteiger partial charge on any atom is -0.492 e. The molecule has 2 aromatic carbocycles. The Balaban J connectivity index is 1.70. The summed E-state index contributed by atoms with van der Waals surface area (Å²) in [6, 6.07) is 14.5. The number of ether oxygens (including phenoxy) is 2. The molecule has 0 spiro atoms. The van der Waals surface area contributed by atoms with Crippen LogP contribution in [-0.2, 0) is 0 Å². The molecule has 0 fully saturated rings. The number of rotatable bonds is 6. The lowest BCUT2D eigenvalue weighted by Gasteiger charge is -2.15. The van der Waals surface area contributed by atoms with Crippen LogP contribution in [0.25, 0.3) is 10.9 Å². The molecule has 2 heterocycles. The minimum atomic E-state index is 0.379. The molecular formula is C23H18ClN5O2. The number of pyridine rings is 2. The van der Waals surface area contributed by atoms with Crippen molar-refractivity contribution < 1.29 is 9.47 Å². The van der Waals surface area contributed by atoms with E-state index in [1.807, 2.05) is 19.1 Å². The van der Waals surface area contributed by atoms with Crippen LogP contribution in [0.2, 0.25) is 5.02 Å². The molecule has 0 aliphatic carbocycles. The molecular weight excluding hydrogens is 414 g/mol. The van der Waals surface area contributed by atoms with E-state index in [1.54, 1.807) is 42.7 Å². The van der Waals surface area contributed by atoms with Crippen LogP contribution in [0.4, 0.5) is 17.1 Å². The standard InChI is InChI=1S/C23H18ClN5O2/c1-2-30-20-6-4-17-22(14(12-25)13-28-23(17)21(20)26)29-15-3-5-19(18(24)11-15)31-16-7-9-27-10-8-16/h3-11,13H,2,26H2,1H3,(H,28,29). The average Bonchev–Trinajstić information content (AvgIpc) is 2.78. The van der Waals surface area contributed by atoms with Gasteiger partial charge in [-0.05, 0) is 49.4 Å². The highest BCUT2D eigenvalue weighted by molar-refractivity contribution is 6.32. The molecule has 0 bridgehead atoms. The normalized spacial score (nSPS) is 10.5. The Hall–Kier alpha value is -4.02. The molecule has 4 aromatic rings. The molecule has 4 rings (SSSR count). The van der Waals surface area contributed by atoms with E-state index < -0.39 is 0 Å². The van der Waals surface area contributed by atoms with E-state index in [0.29, 0.717) is 62.4 Å². The lowest BCUT2D eigenvalue weighted by atomic mass is 10.1. The van der Waals surface area contributed by atoms with Gasteiger partial charge in [0.25, 0.3) is 0 Å². The van der Waals surface area contributed by atoms with E-state index in [1.165, 1.54) is 6.20 Å². The number of benzene rings is 2. The first-order chi connectivity index (χ1) is 15.1. The monoisotopic (exact) mass is 431 g/mol. The summed E-state index contributed by atoms with van der Waals surface area (Å²) in [6.45, 7) is 2.37. The second-order valence-corrected chi connectivity index (χ2v) is 6.93. The second kappa shape index (κ2) is 8.78. The molecule has 0 aliphatic heterocycles. The van der Waals surface area contributed by atoms with Crippen LogP contribution in [0.3, 0.4) is 0 Å². The van der Waals surface area contributed by atoms with Gasteiger partial charge in [-0.3, -0.25) is 9.97 Å². The van der Waals surface area contributed by atoms with Crippen molar-refractivity contribution in [3.05, 3.63) is 71.6 Å². The lowest BCUT2D eigenvalue weighted by molar-refractivity contribution is 0.342. The SMILES string of the molecule is CCOc1ccc2c(Nc3ccc(Oc4ccncc4)c(Cl)c3)c(C#N)cnc2c1N. The predicted octanol–water partition coefficient (Wildman–Crippen LogP) is 5.67. The number of aromatic nitrogens is 2. The molecule has 0 saturated carbocycles. The number of halogens is 1. The highest BCUT2D eigenvalue weighted by Gasteiger charge is 2.15. The van der Waals surface area contributed by atoms with Crippen molar-refractivity contribution in [1.29, 1.82) is 5.26 Å². The second-order valence-electron chi connectivity index (χ2n) is 6.52. The summed E-state index contributed by atoms with van der Waals surface area (Å²) in [5, 5.41) is 14.0. The first kappa shape index (κ1) is 20.3. The lowest BCUT2D eigenvalue weighted by Crippen LogP contribution is -2.01. The number of hydrogen-bond donors (Lipinski definition) is 2. The number of nitrogen functional groups attached to an aromatic ring is 1. The largest absolute Gasteiger partial charge is 0.492 e. The molecule has 0 radical (unpaired) electrons. The molecule has 2 aromatic heterocycles. The van der Waals surface area contributed by atoms with Gasteiger partial charge in [0.1, 0.15) is 29.0 Å².